The average Bonchev–Trinajstić information content (AvgIpc) is 3.05. The van der Waals surface area contributed by atoms with E-state index in [1.54, 1.807) is 0 Å². The summed E-state index contributed by atoms with van der Waals surface area (Å²) in [6.45, 7) is 1.71. The van der Waals surface area contributed by atoms with Crippen LogP contribution in [0.4, 0.5) is 13.2 Å². The number of carbonyl (C=O) groups is 2. The van der Waals surface area contributed by atoms with Crippen LogP contribution in [0.15, 0.2) is 41.8 Å². The zero-order valence-electron chi connectivity index (χ0n) is 12.6. The van der Waals surface area contributed by atoms with Crippen LogP contribution in [0.25, 0.3) is 0 Å². The van der Waals surface area contributed by atoms with Gasteiger partial charge in [0.15, 0.2) is 6.10 Å². The van der Waals surface area contributed by atoms with Gasteiger partial charge < -0.3 is 10.1 Å². The van der Waals surface area contributed by atoms with Gasteiger partial charge in [0.05, 0.1) is 17.7 Å². The summed E-state index contributed by atoms with van der Waals surface area (Å²) in [4.78, 5) is 24.7. The second kappa shape index (κ2) is 7.48. The summed E-state index contributed by atoms with van der Waals surface area (Å²) in [5.74, 6) is -1.34. The van der Waals surface area contributed by atoms with E-state index in [1.165, 1.54) is 18.3 Å². The molecule has 128 valence electrons. The molecule has 1 atom stereocenters. The Morgan fingerprint density at radius 3 is 2.42 bits per heavy atom. The summed E-state index contributed by atoms with van der Waals surface area (Å²) >= 11 is 1.48. The van der Waals surface area contributed by atoms with Gasteiger partial charge in [0.25, 0.3) is 5.91 Å². The van der Waals surface area contributed by atoms with Gasteiger partial charge in [-0.05, 0) is 42.6 Å². The number of thiophene rings is 1. The van der Waals surface area contributed by atoms with Crippen LogP contribution in [-0.4, -0.2) is 18.0 Å². The first kappa shape index (κ1) is 18.0. The van der Waals surface area contributed by atoms with Gasteiger partial charge in [0.2, 0.25) is 0 Å². The van der Waals surface area contributed by atoms with E-state index in [0.717, 1.165) is 29.1 Å². The molecule has 0 aliphatic heterocycles. The number of halogens is 3. The van der Waals surface area contributed by atoms with Crippen molar-refractivity contribution in [3.8, 4) is 0 Å². The molecule has 0 radical (unpaired) electrons. The Morgan fingerprint density at radius 1 is 1.21 bits per heavy atom. The number of alkyl halides is 3. The van der Waals surface area contributed by atoms with Crippen LogP contribution in [0.5, 0.6) is 0 Å². The number of ether oxygens (including phenoxy) is 1. The Hall–Kier alpha value is -2.35. The first-order valence-corrected chi connectivity index (χ1v) is 7.83. The zero-order valence-corrected chi connectivity index (χ0v) is 13.4. The third-order valence-corrected chi connectivity index (χ3v) is 3.99. The maximum absolute atomic E-state index is 12.5. The van der Waals surface area contributed by atoms with E-state index in [9.17, 15) is 22.8 Å². The molecule has 0 saturated heterocycles. The van der Waals surface area contributed by atoms with Crippen molar-refractivity contribution in [1.82, 2.24) is 5.32 Å². The van der Waals surface area contributed by atoms with E-state index < -0.39 is 29.7 Å². The second-order valence-electron chi connectivity index (χ2n) is 4.92. The van der Waals surface area contributed by atoms with Crippen molar-refractivity contribution < 1.29 is 27.5 Å². The highest BCUT2D eigenvalue weighted by Crippen LogP contribution is 2.29. The predicted octanol–water partition coefficient (Wildman–Crippen LogP) is 3.63. The van der Waals surface area contributed by atoms with Gasteiger partial charge in [-0.3, -0.25) is 4.79 Å². The number of hydrogen-bond acceptors (Lipinski definition) is 4. The number of rotatable bonds is 5. The predicted molar refractivity (Wildman–Crippen MR) is 82.5 cm³/mol. The van der Waals surface area contributed by atoms with Gasteiger partial charge in [-0.25, -0.2) is 4.79 Å². The summed E-state index contributed by atoms with van der Waals surface area (Å²) in [6.07, 6.45) is -5.53. The SMILES string of the molecule is CC(OC(=O)c1ccc(C(F)(F)F)cc1)C(=O)NCc1cccs1. The van der Waals surface area contributed by atoms with Gasteiger partial charge in [-0.1, -0.05) is 6.07 Å². The normalized spacial score (nSPS) is 12.5. The molecule has 1 heterocycles. The van der Waals surface area contributed by atoms with Crippen molar-refractivity contribution in [2.45, 2.75) is 25.7 Å². The van der Waals surface area contributed by atoms with Crippen molar-refractivity contribution in [2.75, 3.05) is 0 Å². The lowest BCUT2D eigenvalue weighted by Gasteiger charge is -2.13. The van der Waals surface area contributed by atoms with Crippen molar-refractivity contribution >= 4 is 23.2 Å². The van der Waals surface area contributed by atoms with Crippen molar-refractivity contribution in [3.05, 3.63) is 57.8 Å². The largest absolute Gasteiger partial charge is 0.449 e. The molecule has 0 saturated carbocycles. The number of benzene rings is 1. The van der Waals surface area contributed by atoms with Crippen LogP contribution in [0.3, 0.4) is 0 Å². The highest BCUT2D eigenvalue weighted by Gasteiger charge is 2.30. The summed E-state index contributed by atoms with van der Waals surface area (Å²) in [7, 11) is 0. The lowest BCUT2D eigenvalue weighted by molar-refractivity contribution is -0.137. The van der Waals surface area contributed by atoms with Crippen LogP contribution in [0.1, 0.15) is 27.7 Å². The highest BCUT2D eigenvalue weighted by atomic mass is 32.1. The second-order valence-corrected chi connectivity index (χ2v) is 5.95. The summed E-state index contributed by atoms with van der Waals surface area (Å²) < 4.78 is 42.4. The summed E-state index contributed by atoms with van der Waals surface area (Å²) in [5.41, 5.74) is -0.915. The van der Waals surface area contributed by atoms with Crippen LogP contribution >= 0.6 is 11.3 Å². The lowest BCUT2D eigenvalue weighted by atomic mass is 10.1. The third-order valence-electron chi connectivity index (χ3n) is 3.12. The molecular weight excluding hydrogens is 343 g/mol. The fraction of sp³-hybridized carbons (Fsp3) is 0.250. The molecule has 0 fully saturated rings. The molecule has 0 spiro atoms. The van der Waals surface area contributed by atoms with E-state index in [1.807, 2.05) is 17.5 Å². The van der Waals surface area contributed by atoms with E-state index in [2.05, 4.69) is 5.32 Å². The van der Waals surface area contributed by atoms with Gasteiger partial charge in [-0.2, -0.15) is 13.2 Å². The Balaban J connectivity index is 1.89. The first-order valence-electron chi connectivity index (χ1n) is 6.95. The van der Waals surface area contributed by atoms with Crippen molar-refractivity contribution in [2.24, 2.45) is 0 Å². The standard InChI is InChI=1S/C16H14F3NO3S/c1-10(14(21)20-9-13-3-2-8-24-13)23-15(22)11-4-6-12(7-5-11)16(17,18)19/h2-8,10H,9H2,1H3,(H,20,21). The molecule has 0 aliphatic rings. The van der Waals surface area contributed by atoms with Gasteiger partial charge >= 0.3 is 12.1 Å². The van der Waals surface area contributed by atoms with E-state index >= 15 is 0 Å². The molecule has 1 aromatic heterocycles. The molecular formula is C16H14F3NO3S. The molecule has 2 rings (SSSR count). The highest BCUT2D eigenvalue weighted by molar-refractivity contribution is 7.09. The monoisotopic (exact) mass is 357 g/mol. The molecule has 0 bridgehead atoms. The minimum atomic E-state index is -4.47. The van der Waals surface area contributed by atoms with Gasteiger partial charge in [0.1, 0.15) is 0 Å². The van der Waals surface area contributed by atoms with Crippen LogP contribution in [-0.2, 0) is 22.3 Å². The quantitative estimate of drug-likeness (QED) is 0.832. The number of hydrogen-bond donors (Lipinski definition) is 1. The fourth-order valence-electron chi connectivity index (χ4n) is 1.81. The van der Waals surface area contributed by atoms with Crippen molar-refractivity contribution in [1.29, 1.82) is 0 Å². The topological polar surface area (TPSA) is 55.4 Å². The third kappa shape index (κ3) is 4.82. The maximum Gasteiger partial charge on any atom is 0.416 e. The van der Waals surface area contributed by atoms with E-state index in [-0.39, 0.29) is 5.56 Å². The molecule has 4 nitrogen and oxygen atoms in total. The van der Waals surface area contributed by atoms with Crippen molar-refractivity contribution in [3.63, 3.8) is 0 Å². The number of esters is 1. The Morgan fingerprint density at radius 2 is 1.88 bits per heavy atom. The van der Waals surface area contributed by atoms with Crippen LogP contribution in [0, 0.1) is 0 Å². The van der Waals surface area contributed by atoms with E-state index in [0.29, 0.717) is 6.54 Å². The smallest absolute Gasteiger partial charge is 0.416 e. The molecule has 8 heteroatoms. The average molecular weight is 357 g/mol. The zero-order chi connectivity index (χ0) is 17.7. The lowest BCUT2D eigenvalue weighted by Crippen LogP contribution is -2.35. The van der Waals surface area contributed by atoms with Gasteiger partial charge in [-0.15, -0.1) is 11.3 Å². The van der Waals surface area contributed by atoms with Crippen LogP contribution < -0.4 is 5.32 Å². The maximum atomic E-state index is 12.5. The first-order chi connectivity index (χ1) is 11.3. The minimum absolute atomic E-state index is 0.0547. The molecule has 2 aromatic rings. The minimum Gasteiger partial charge on any atom is -0.449 e. The summed E-state index contributed by atoms with van der Waals surface area (Å²) in [6, 6.07) is 7.31. The molecule has 1 unspecified atom stereocenters. The molecule has 1 aromatic carbocycles. The molecule has 24 heavy (non-hydrogen) atoms. The Labute approximate surface area is 140 Å². The number of nitrogens with one attached hydrogen (secondary N) is 1. The van der Waals surface area contributed by atoms with E-state index in [4.69, 9.17) is 4.74 Å². The van der Waals surface area contributed by atoms with Crippen LogP contribution in [0.2, 0.25) is 0 Å². The molecule has 0 aliphatic carbocycles. The Kier molecular flexibility index (Phi) is 5.61. The van der Waals surface area contributed by atoms with Gasteiger partial charge in [0, 0.05) is 4.88 Å². The molecule has 1 amide bonds. The fourth-order valence-corrected chi connectivity index (χ4v) is 2.45. The Bertz CT molecular complexity index is 696. The number of carbonyl (C=O) groups excluding carboxylic acids is 2. The summed E-state index contributed by atoms with van der Waals surface area (Å²) in [5, 5.41) is 4.49. The number of amides is 1. The molecule has 1 N–H and O–H groups in total.